The van der Waals surface area contributed by atoms with E-state index in [0.717, 1.165) is 12.8 Å². The van der Waals surface area contributed by atoms with Crippen molar-refractivity contribution in [3.05, 3.63) is 47.9 Å². The molecule has 0 radical (unpaired) electrons. The number of carbonyl (C=O) groups is 1. The van der Waals surface area contributed by atoms with Crippen molar-refractivity contribution < 1.29 is 9.53 Å². The summed E-state index contributed by atoms with van der Waals surface area (Å²) in [6.45, 7) is 1.21. The van der Waals surface area contributed by atoms with Gasteiger partial charge in [0.2, 0.25) is 5.88 Å². The van der Waals surface area contributed by atoms with Crippen LogP contribution in [0.2, 0.25) is 5.02 Å². The lowest BCUT2D eigenvalue weighted by atomic mass is 10.1. The number of urea groups is 1. The molecule has 0 saturated carbocycles. The standard InChI is InChI=1S/C16H17ClN4O2/c17-13-5-1-2-6-14(13)20-16(22)21-9-3-4-12(10-21)23-15-7-8-18-11-19-15/h1-2,5-8,11-12H,3-4,9-10H2,(H,20,22)/t12-/m1/s1. The summed E-state index contributed by atoms with van der Waals surface area (Å²) in [5, 5.41) is 3.36. The summed E-state index contributed by atoms with van der Waals surface area (Å²) in [5.41, 5.74) is 0.609. The number of nitrogens with zero attached hydrogens (tertiary/aromatic N) is 3. The number of benzene rings is 1. The number of para-hydroxylation sites is 1. The number of amides is 2. The van der Waals surface area contributed by atoms with Crippen molar-refractivity contribution in [1.82, 2.24) is 14.9 Å². The molecule has 1 aliphatic heterocycles. The molecule has 120 valence electrons. The monoisotopic (exact) mass is 332 g/mol. The van der Waals surface area contributed by atoms with Crippen molar-refractivity contribution in [2.45, 2.75) is 18.9 Å². The first-order valence-electron chi connectivity index (χ1n) is 7.45. The van der Waals surface area contributed by atoms with Crippen LogP contribution in [-0.2, 0) is 0 Å². The number of ether oxygens (including phenoxy) is 1. The number of halogens is 1. The van der Waals surface area contributed by atoms with Crippen LogP contribution >= 0.6 is 11.6 Å². The van der Waals surface area contributed by atoms with Gasteiger partial charge < -0.3 is 15.0 Å². The summed E-state index contributed by atoms with van der Waals surface area (Å²) in [6.07, 6.45) is 4.77. The average molecular weight is 333 g/mol. The van der Waals surface area contributed by atoms with Crippen molar-refractivity contribution in [3.8, 4) is 5.88 Å². The fourth-order valence-corrected chi connectivity index (χ4v) is 2.68. The van der Waals surface area contributed by atoms with E-state index in [9.17, 15) is 4.79 Å². The molecule has 1 aromatic carbocycles. The van der Waals surface area contributed by atoms with Gasteiger partial charge in [-0.3, -0.25) is 0 Å². The minimum Gasteiger partial charge on any atom is -0.472 e. The van der Waals surface area contributed by atoms with Crippen molar-refractivity contribution in [1.29, 1.82) is 0 Å². The molecule has 0 aliphatic carbocycles. The summed E-state index contributed by atoms with van der Waals surface area (Å²) in [6, 6.07) is 8.72. The molecule has 2 aromatic rings. The van der Waals surface area contributed by atoms with Crippen LogP contribution in [0.1, 0.15) is 12.8 Å². The Kier molecular flexibility index (Phi) is 4.92. The molecule has 1 aliphatic rings. The third kappa shape index (κ3) is 4.10. The van der Waals surface area contributed by atoms with Crippen molar-refractivity contribution in [3.63, 3.8) is 0 Å². The number of piperidine rings is 1. The lowest BCUT2D eigenvalue weighted by Crippen LogP contribution is -2.46. The molecule has 23 heavy (non-hydrogen) atoms. The number of likely N-dealkylation sites (tertiary alicyclic amines) is 1. The Labute approximate surface area is 139 Å². The van der Waals surface area contributed by atoms with Crippen molar-refractivity contribution >= 4 is 23.3 Å². The van der Waals surface area contributed by atoms with Crippen LogP contribution in [0.25, 0.3) is 0 Å². The Morgan fingerprint density at radius 1 is 1.35 bits per heavy atom. The van der Waals surface area contributed by atoms with Gasteiger partial charge in [-0.05, 0) is 25.0 Å². The molecule has 1 N–H and O–H groups in total. The Balaban J connectivity index is 1.59. The maximum absolute atomic E-state index is 12.4. The minimum atomic E-state index is -0.172. The molecule has 7 heteroatoms. The lowest BCUT2D eigenvalue weighted by Gasteiger charge is -2.32. The van der Waals surface area contributed by atoms with Crippen LogP contribution in [0.5, 0.6) is 5.88 Å². The molecular formula is C16H17ClN4O2. The van der Waals surface area contributed by atoms with E-state index in [1.54, 1.807) is 29.3 Å². The van der Waals surface area contributed by atoms with Crippen LogP contribution in [0.15, 0.2) is 42.9 Å². The van der Waals surface area contributed by atoms with E-state index in [-0.39, 0.29) is 12.1 Å². The van der Waals surface area contributed by atoms with E-state index in [2.05, 4.69) is 15.3 Å². The van der Waals surface area contributed by atoms with E-state index >= 15 is 0 Å². The normalized spacial score (nSPS) is 17.6. The topological polar surface area (TPSA) is 67.4 Å². The lowest BCUT2D eigenvalue weighted by molar-refractivity contribution is 0.102. The molecule has 6 nitrogen and oxygen atoms in total. The van der Waals surface area contributed by atoms with E-state index in [1.807, 2.05) is 12.1 Å². The second-order valence-corrected chi connectivity index (χ2v) is 5.69. The molecule has 3 rings (SSSR count). The minimum absolute atomic E-state index is 0.0735. The molecule has 0 spiro atoms. The van der Waals surface area contributed by atoms with Crippen LogP contribution in [0.3, 0.4) is 0 Å². The zero-order chi connectivity index (χ0) is 16.1. The highest BCUT2D eigenvalue weighted by Gasteiger charge is 2.25. The Bertz CT molecular complexity index is 668. The predicted molar refractivity (Wildman–Crippen MR) is 87.7 cm³/mol. The number of aromatic nitrogens is 2. The fraction of sp³-hybridized carbons (Fsp3) is 0.312. The smallest absolute Gasteiger partial charge is 0.322 e. The molecule has 2 amide bonds. The first-order chi connectivity index (χ1) is 11.2. The highest BCUT2D eigenvalue weighted by molar-refractivity contribution is 6.33. The number of rotatable bonds is 3. The van der Waals surface area contributed by atoms with Crippen LogP contribution < -0.4 is 10.1 Å². The van der Waals surface area contributed by atoms with Crippen LogP contribution in [0.4, 0.5) is 10.5 Å². The number of hydrogen-bond donors (Lipinski definition) is 1. The van der Waals surface area contributed by atoms with Crippen LogP contribution in [-0.4, -0.2) is 40.1 Å². The zero-order valence-corrected chi connectivity index (χ0v) is 13.2. The molecule has 1 saturated heterocycles. The number of anilines is 1. The molecule has 1 fully saturated rings. The van der Waals surface area contributed by atoms with Gasteiger partial charge >= 0.3 is 6.03 Å². The molecule has 2 heterocycles. The number of nitrogens with one attached hydrogen (secondary N) is 1. The zero-order valence-electron chi connectivity index (χ0n) is 12.5. The Hall–Kier alpha value is -2.34. The second-order valence-electron chi connectivity index (χ2n) is 5.29. The first kappa shape index (κ1) is 15.6. The Morgan fingerprint density at radius 3 is 3.00 bits per heavy atom. The van der Waals surface area contributed by atoms with Crippen molar-refractivity contribution in [2.75, 3.05) is 18.4 Å². The maximum atomic E-state index is 12.4. The molecule has 0 bridgehead atoms. The second kappa shape index (κ2) is 7.28. The van der Waals surface area contributed by atoms with Gasteiger partial charge in [0.25, 0.3) is 0 Å². The predicted octanol–water partition coefficient (Wildman–Crippen LogP) is 3.21. The molecule has 1 aromatic heterocycles. The van der Waals surface area contributed by atoms with Gasteiger partial charge in [-0.25, -0.2) is 14.8 Å². The molecular weight excluding hydrogens is 316 g/mol. The van der Waals surface area contributed by atoms with Crippen LogP contribution in [0, 0.1) is 0 Å². The van der Waals surface area contributed by atoms with Gasteiger partial charge in [-0.2, -0.15) is 0 Å². The third-order valence-corrected chi connectivity index (χ3v) is 3.95. The fourth-order valence-electron chi connectivity index (χ4n) is 2.49. The van der Waals surface area contributed by atoms with Gasteiger partial charge in [0.05, 0.1) is 17.3 Å². The summed E-state index contributed by atoms with van der Waals surface area (Å²) in [4.78, 5) is 22.0. The first-order valence-corrected chi connectivity index (χ1v) is 7.83. The van der Waals surface area contributed by atoms with Gasteiger partial charge in [0, 0.05) is 18.8 Å². The van der Waals surface area contributed by atoms with E-state index in [4.69, 9.17) is 16.3 Å². The SMILES string of the molecule is O=C(Nc1ccccc1Cl)N1CCC[C@@H](Oc2ccncn2)C1. The van der Waals surface area contributed by atoms with Gasteiger partial charge in [-0.15, -0.1) is 0 Å². The molecule has 1 atom stereocenters. The van der Waals surface area contributed by atoms with Crippen molar-refractivity contribution in [2.24, 2.45) is 0 Å². The summed E-state index contributed by atoms with van der Waals surface area (Å²) < 4.78 is 5.81. The highest BCUT2D eigenvalue weighted by Crippen LogP contribution is 2.22. The Morgan fingerprint density at radius 2 is 2.22 bits per heavy atom. The average Bonchev–Trinajstić information content (AvgIpc) is 2.58. The van der Waals surface area contributed by atoms with E-state index in [0.29, 0.717) is 29.7 Å². The quantitative estimate of drug-likeness (QED) is 0.937. The summed E-state index contributed by atoms with van der Waals surface area (Å²) >= 11 is 6.07. The van der Waals surface area contributed by atoms with Gasteiger partial charge in [0.1, 0.15) is 12.4 Å². The maximum Gasteiger partial charge on any atom is 0.322 e. The van der Waals surface area contributed by atoms with E-state index in [1.165, 1.54) is 6.33 Å². The summed E-state index contributed by atoms with van der Waals surface area (Å²) in [5.74, 6) is 0.526. The third-order valence-electron chi connectivity index (χ3n) is 3.62. The highest BCUT2D eigenvalue weighted by atomic mass is 35.5. The number of carbonyl (C=O) groups excluding carboxylic acids is 1. The molecule has 0 unspecified atom stereocenters. The van der Waals surface area contributed by atoms with E-state index < -0.39 is 0 Å². The van der Waals surface area contributed by atoms with Gasteiger partial charge in [-0.1, -0.05) is 23.7 Å². The largest absolute Gasteiger partial charge is 0.472 e. The van der Waals surface area contributed by atoms with Gasteiger partial charge in [0.15, 0.2) is 0 Å². The summed E-state index contributed by atoms with van der Waals surface area (Å²) in [7, 11) is 0. The number of hydrogen-bond acceptors (Lipinski definition) is 4.